The summed E-state index contributed by atoms with van der Waals surface area (Å²) in [5.41, 5.74) is 1.83. The molecule has 10 heteroatoms. The van der Waals surface area contributed by atoms with E-state index in [0.717, 1.165) is 9.87 Å². The van der Waals surface area contributed by atoms with Crippen molar-refractivity contribution in [1.29, 1.82) is 0 Å². The molecule has 0 bridgehead atoms. The quantitative estimate of drug-likeness (QED) is 0.417. The van der Waals surface area contributed by atoms with Crippen LogP contribution in [0.2, 0.25) is 10.0 Å². The number of benzene rings is 3. The number of sulfonamides is 1. The van der Waals surface area contributed by atoms with Crippen molar-refractivity contribution in [2.75, 3.05) is 37.6 Å². The van der Waals surface area contributed by atoms with Crippen molar-refractivity contribution >= 4 is 44.8 Å². The molecule has 0 spiro atoms. The van der Waals surface area contributed by atoms with Gasteiger partial charge in [-0.25, -0.2) is 12.8 Å². The Labute approximate surface area is 220 Å². The van der Waals surface area contributed by atoms with Gasteiger partial charge in [0.05, 0.1) is 17.1 Å². The molecule has 0 atom stereocenters. The minimum absolute atomic E-state index is 0.0773. The zero-order valence-electron chi connectivity index (χ0n) is 19.7. The summed E-state index contributed by atoms with van der Waals surface area (Å²) in [4.78, 5) is 16.8. The second kappa shape index (κ2) is 11.2. The van der Waals surface area contributed by atoms with Crippen LogP contribution in [-0.2, 0) is 21.4 Å². The lowest BCUT2D eigenvalue weighted by molar-refractivity contribution is -0.131. The molecule has 0 unspecified atom stereocenters. The molecule has 0 saturated carbocycles. The molecule has 1 heterocycles. The standard InChI is InChI=1S/C26H26Cl2FN3O3S/c1-19-9-11-20(12-10-19)36(34,35)32(17-21-22(27)5-4-6-23(21)28)18-26(33)31-15-13-30(14-16-31)25-8-3-2-7-24(25)29/h2-12H,13-18H2,1H3. The van der Waals surface area contributed by atoms with Gasteiger partial charge in [-0.3, -0.25) is 4.79 Å². The van der Waals surface area contributed by atoms with E-state index in [1.54, 1.807) is 53.4 Å². The molecule has 4 rings (SSSR count). The van der Waals surface area contributed by atoms with Gasteiger partial charge in [-0.2, -0.15) is 4.31 Å². The van der Waals surface area contributed by atoms with E-state index in [0.29, 0.717) is 47.5 Å². The maximum Gasteiger partial charge on any atom is 0.243 e. The van der Waals surface area contributed by atoms with E-state index in [9.17, 15) is 17.6 Å². The summed E-state index contributed by atoms with van der Waals surface area (Å²) in [6.07, 6.45) is 0. The number of carbonyl (C=O) groups excluding carboxylic acids is 1. The van der Waals surface area contributed by atoms with Crippen molar-refractivity contribution in [2.45, 2.75) is 18.4 Å². The Bertz CT molecular complexity index is 1320. The predicted octanol–water partition coefficient (Wildman–Crippen LogP) is 4.98. The Morgan fingerprint density at radius 3 is 2.14 bits per heavy atom. The fourth-order valence-electron chi connectivity index (χ4n) is 4.10. The SMILES string of the molecule is Cc1ccc(S(=O)(=O)N(CC(=O)N2CCN(c3ccccc3F)CC2)Cc2c(Cl)cccc2Cl)cc1. The third-order valence-corrected chi connectivity index (χ3v) is 8.71. The largest absolute Gasteiger partial charge is 0.366 e. The van der Waals surface area contributed by atoms with Crippen molar-refractivity contribution < 1.29 is 17.6 Å². The highest BCUT2D eigenvalue weighted by atomic mass is 35.5. The van der Waals surface area contributed by atoms with Gasteiger partial charge in [-0.1, -0.05) is 59.1 Å². The number of hydrogen-bond acceptors (Lipinski definition) is 4. The number of piperazine rings is 1. The van der Waals surface area contributed by atoms with Gasteiger partial charge in [-0.05, 0) is 43.3 Å². The van der Waals surface area contributed by atoms with E-state index >= 15 is 0 Å². The molecule has 1 saturated heterocycles. The Kier molecular flexibility index (Phi) is 8.20. The second-order valence-corrected chi connectivity index (χ2v) is 11.4. The number of amides is 1. The monoisotopic (exact) mass is 549 g/mol. The molecule has 0 aliphatic carbocycles. The summed E-state index contributed by atoms with van der Waals surface area (Å²) in [6, 6.07) is 17.9. The van der Waals surface area contributed by atoms with Crippen LogP contribution in [0.3, 0.4) is 0 Å². The molecule has 190 valence electrons. The number of hydrogen-bond donors (Lipinski definition) is 0. The van der Waals surface area contributed by atoms with Crippen LogP contribution in [0.15, 0.2) is 71.6 Å². The number of para-hydroxylation sites is 1. The summed E-state index contributed by atoms with van der Waals surface area (Å²) in [5, 5.41) is 0.634. The van der Waals surface area contributed by atoms with Crippen molar-refractivity contribution in [3.8, 4) is 0 Å². The minimum Gasteiger partial charge on any atom is -0.366 e. The van der Waals surface area contributed by atoms with Crippen molar-refractivity contribution in [3.05, 3.63) is 93.7 Å². The number of rotatable bonds is 7. The zero-order chi connectivity index (χ0) is 25.9. The summed E-state index contributed by atoms with van der Waals surface area (Å²) in [7, 11) is -4.03. The normalized spacial score (nSPS) is 14.4. The van der Waals surface area contributed by atoms with Crippen LogP contribution in [0.5, 0.6) is 0 Å². The van der Waals surface area contributed by atoms with Crippen molar-refractivity contribution in [1.82, 2.24) is 9.21 Å². The summed E-state index contributed by atoms with van der Waals surface area (Å²) in [6.45, 7) is 2.90. The number of aryl methyl sites for hydroxylation is 1. The van der Waals surface area contributed by atoms with Gasteiger partial charge in [0, 0.05) is 48.3 Å². The maximum absolute atomic E-state index is 14.2. The summed E-state index contributed by atoms with van der Waals surface area (Å²) >= 11 is 12.7. The lowest BCUT2D eigenvalue weighted by atomic mass is 10.2. The summed E-state index contributed by atoms with van der Waals surface area (Å²) < 4.78 is 42.4. The molecule has 6 nitrogen and oxygen atoms in total. The van der Waals surface area contributed by atoms with Gasteiger partial charge in [0.15, 0.2) is 0 Å². The lowest BCUT2D eigenvalue weighted by Crippen LogP contribution is -2.52. The molecule has 0 N–H and O–H groups in total. The van der Waals surface area contributed by atoms with Crippen LogP contribution in [-0.4, -0.2) is 56.3 Å². The number of halogens is 3. The molecule has 1 amide bonds. The topological polar surface area (TPSA) is 60.9 Å². The Hall–Kier alpha value is -2.65. The van der Waals surface area contributed by atoms with Gasteiger partial charge in [0.25, 0.3) is 0 Å². The van der Waals surface area contributed by atoms with Gasteiger partial charge in [-0.15, -0.1) is 0 Å². The highest BCUT2D eigenvalue weighted by Crippen LogP contribution is 2.28. The Morgan fingerprint density at radius 2 is 1.53 bits per heavy atom. The smallest absolute Gasteiger partial charge is 0.243 e. The number of carbonyl (C=O) groups is 1. The maximum atomic E-state index is 14.2. The van der Waals surface area contributed by atoms with Crippen molar-refractivity contribution in [3.63, 3.8) is 0 Å². The van der Waals surface area contributed by atoms with Gasteiger partial charge in [0.1, 0.15) is 5.82 Å². The van der Waals surface area contributed by atoms with E-state index < -0.39 is 10.0 Å². The van der Waals surface area contributed by atoms with Gasteiger partial charge < -0.3 is 9.80 Å². The molecular weight excluding hydrogens is 524 g/mol. The number of nitrogens with zero attached hydrogens (tertiary/aromatic N) is 3. The van der Waals surface area contributed by atoms with E-state index in [4.69, 9.17) is 23.2 Å². The molecule has 36 heavy (non-hydrogen) atoms. The van der Waals surface area contributed by atoms with E-state index in [1.165, 1.54) is 18.2 Å². The molecular formula is C26H26Cl2FN3O3S. The summed E-state index contributed by atoms with van der Waals surface area (Å²) in [5.74, 6) is -0.661. The fraction of sp³-hybridized carbons (Fsp3) is 0.269. The number of anilines is 1. The van der Waals surface area contributed by atoms with Gasteiger partial charge >= 0.3 is 0 Å². The first kappa shape index (κ1) is 26.4. The van der Waals surface area contributed by atoms with Crippen LogP contribution < -0.4 is 4.90 Å². The third-order valence-electron chi connectivity index (χ3n) is 6.19. The molecule has 0 aromatic heterocycles. The molecule has 0 radical (unpaired) electrons. The first-order chi connectivity index (χ1) is 17.2. The fourth-order valence-corrected chi connectivity index (χ4v) is 5.98. The predicted molar refractivity (Wildman–Crippen MR) is 140 cm³/mol. The van der Waals surface area contributed by atoms with E-state index in [1.807, 2.05) is 11.8 Å². The van der Waals surface area contributed by atoms with E-state index in [2.05, 4.69) is 0 Å². The van der Waals surface area contributed by atoms with Crippen LogP contribution in [0.1, 0.15) is 11.1 Å². The minimum atomic E-state index is -4.03. The third kappa shape index (κ3) is 5.83. The molecule has 1 aliphatic rings. The zero-order valence-corrected chi connectivity index (χ0v) is 22.0. The van der Waals surface area contributed by atoms with Crippen LogP contribution >= 0.6 is 23.2 Å². The van der Waals surface area contributed by atoms with E-state index in [-0.39, 0.29) is 29.7 Å². The Balaban J connectivity index is 1.54. The first-order valence-electron chi connectivity index (χ1n) is 11.4. The van der Waals surface area contributed by atoms with Crippen LogP contribution in [0.4, 0.5) is 10.1 Å². The molecule has 3 aromatic rings. The first-order valence-corrected chi connectivity index (χ1v) is 13.6. The second-order valence-electron chi connectivity index (χ2n) is 8.61. The highest BCUT2D eigenvalue weighted by Gasteiger charge is 2.31. The van der Waals surface area contributed by atoms with Crippen molar-refractivity contribution in [2.24, 2.45) is 0 Å². The molecule has 3 aromatic carbocycles. The molecule has 1 aliphatic heterocycles. The Morgan fingerprint density at radius 1 is 0.917 bits per heavy atom. The van der Waals surface area contributed by atoms with Crippen LogP contribution in [0, 0.1) is 12.7 Å². The molecule has 1 fully saturated rings. The average Bonchev–Trinajstić information content (AvgIpc) is 2.86. The van der Waals surface area contributed by atoms with Crippen LogP contribution in [0.25, 0.3) is 0 Å². The highest BCUT2D eigenvalue weighted by molar-refractivity contribution is 7.89. The lowest BCUT2D eigenvalue weighted by Gasteiger charge is -2.37. The van der Waals surface area contributed by atoms with Gasteiger partial charge in [0.2, 0.25) is 15.9 Å². The average molecular weight is 550 g/mol.